The summed E-state index contributed by atoms with van der Waals surface area (Å²) in [6.45, 7) is 3.42. The number of amides is 1. The number of hydrogen-bond donors (Lipinski definition) is 0. The van der Waals surface area contributed by atoms with E-state index in [9.17, 15) is 4.79 Å². The van der Waals surface area contributed by atoms with Crippen molar-refractivity contribution in [3.05, 3.63) is 41.2 Å². The van der Waals surface area contributed by atoms with E-state index in [1.807, 2.05) is 29.5 Å². The Morgan fingerprint density at radius 3 is 2.76 bits per heavy atom. The first-order valence-corrected chi connectivity index (χ1v) is 7.97. The van der Waals surface area contributed by atoms with Crippen molar-refractivity contribution in [1.82, 2.24) is 19.7 Å². The molecule has 0 atom stereocenters. The Hall–Kier alpha value is -1.82. The van der Waals surface area contributed by atoms with Gasteiger partial charge >= 0.3 is 0 Å². The van der Waals surface area contributed by atoms with Crippen LogP contribution in [-0.4, -0.2) is 37.9 Å². The van der Waals surface area contributed by atoms with Crippen molar-refractivity contribution in [2.75, 3.05) is 12.3 Å². The number of carbonyl (C=O) groups is 1. The fourth-order valence-electron chi connectivity index (χ4n) is 2.44. The second kappa shape index (κ2) is 5.89. The van der Waals surface area contributed by atoms with Gasteiger partial charge in [-0.25, -0.2) is 0 Å². The standard InChI is InChI=1S/C15H18N4OS/c1-11-16-17-15(18(11)2)21-10-14(20)19-8-7-12-5-3-4-6-13(12)9-19/h3-6H,7-10H2,1-2H3. The number of hydrogen-bond acceptors (Lipinski definition) is 4. The van der Waals surface area contributed by atoms with Gasteiger partial charge in [-0.05, 0) is 24.5 Å². The third-order valence-electron chi connectivity index (χ3n) is 3.86. The third kappa shape index (κ3) is 2.95. The molecule has 1 aliphatic rings. The van der Waals surface area contributed by atoms with Crippen LogP contribution in [0.5, 0.6) is 0 Å². The molecule has 21 heavy (non-hydrogen) atoms. The Labute approximate surface area is 128 Å². The molecule has 1 aromatic carbocycles. The summed E-state index contributed by atoms with van der Waals surface area (Å²) in [4.78, 5) is 14.3. The van der Waals surface area contributed by atoms with Gasteiger partial charge in [0.1, 0.15) is 5.82 Å². The minimum Gasteiger partial charge on any atom is -0.337 e. The Balaban J connectivity index is 1.61. The summed E-state index contributed by atoms with van der Waals surface area (Å²) in [5.74, 6) is 1.43. The van der Waals surface area contributed by atoms with Crippen LogP contribution in [-0.2, 0) is 24.8 Å². The molecule has 6 heteroatoms. The van der Waals surface area contributed by atoms with E-state index in [0.717, 1.165) is 23.9 Å². The van der Waals surface area contributed by atoms with E-state index in [-0.39, 0.29) is 5.91 Å². The summed E-state index contributed by atoms with van der Waals surface area (Å²) in [7, 11) is 1.92. The van der Waals surface area contributed by atoms with Gasteiger partial charge in [-0.15, -0.1) is 10.2 Å². The minimum absolute atomic E-state index is 0.162. The zero-order valence-corrected chi connectivity index (χ0v) is 13.1. The number of thioether (sulfide) groups is 1. The molecule has 0 saturated heterocycles. The molecule has 0 radical (unpaired) electrons. The highest BCUT2D eigenvalue weighted by Gasteiger charge is 2.20. The molecule has 0 aliphatic carbocycles. The molecule has 110 valence electrons. The predicted octanol–water partition coefficient (Wildman–Crippen LogP) is 1.80. The first-order chi connectivity index (χ1) is 10.1. The molecule has 0 N–H and O–H groups in total. The van der Waals surface area contributed by atoms with Crippen molar-refractivity contribution >= 4 is 17.7 Å². The van der Waals surface area contributed by atoms with Crippen molar-refractivity contribution in [2.24, 2.45) is 7.05 Å². The van der Waals surface area contributed by atoms with E-state index >= 15 is 0 Å². The number of rotatable bonds is 3. The number of aryl methyl sites for hydroxylation is 1. The summed E-state index contributed by atoms with van der Waals surface area (Å²) in [6.07, 6.45) is 0.940. The van der Waals surface area contributed by atoms with Gasteiger partial charge < -0.3 is 9.47 Å². The van der Waals surface area contributed by atoms with Crippen LogP contribution < -0.4 is 0 Å². The van der Waals surface area contributed by atoms with E-state index in [0.29, 0.717) is 12.3 Å². The molecular formula is C15H18N4OS. The van der Waals surface area contributed by atoms with Crippen LogP contribution in [0.1, 0.15) is 17.0 Å². The van der Waals surface area contributed by atoms with Gasteiger partial charge in [0.2, 0.25) is 5.91 Å². The van der Waals surface area contributed by atoms with Crippen LogP contribution in [0.4, 0.5) is 0 Å². The fourth-order valence-corrected chi connectivity index (χ4v) is 3.30. The van der Waals surface area contributed by atoms with Crippen LogP contribution in [0.15, 0.2) is 29.4 Å². The van der Waals surface area contributed by atoms with Gasteiger partial charge in [0.15, 0.2) is 5.16 Å². The zero-order chi connectivity index (χ0) is 14.8. The summed E-state index contributed by atoms with van der Waals surface area (Å²) in [6, 6.07) is 8.34. The van der Waals surface area contributed by atoms with Gasteiger partial charge in [-0.2, -0.15) is 0 Å². The first-order valence-electron chi connectivity index (χ1n) is 6.98. The number of aromatic nitrogens is 3. The zero-order valence-electron chi connectivity index (χ0n) is 12.2. The Bertz CT molecular complexity index is 667. The summed E-state index contributed by atoms with van der Waals surface area (Å²) in [5.41, 5.74) is 2.62. The monoisotopic (exact) mass is 302 g/mol. The largest absolute Gasteiger partial charge is 0.337 e. The number of benzene rings is 1. The molecular weight excluding hydrogens is 284 g/mol. The van der Waals surface area contributed by atoms with Crippen LogP contribution in [0.25, 0.3) is 0 Å². The maximum absolute atomic E-state index is 12.3. The minimum atomic E-state index is 0.162. The summed E-state index contributed by atoms with van der Waals surface area (Å²) >= 11 is 1.45. The molecule has 0 bridgehead atoms. The van der Waals surface area contributed by atoms with E-state index < -0.39 is 0 Å². The second-order valence-corrected chi connectivity index (χ2v) is 6.15. The van der Waals surface area contributed by atoms with E-state index in [1.165, 1.54) is 22.9 Å². The average molecular weight is 302 g/mol. The van der Waals surface area contributed by atoms with Crippen molar-refractivity contribution in [1.29, 1.82) is 0 Å². The lowest BCUT2D eigenvalue weighted by molar-refractivity contribution is -0.129. The highest BCUT2D eigenvalue weighted by atomic mass is 32.2. The van der Waals surface area contributed by atoms with Crippen LogP contribution in [0, 0.1) is 6.92 Å². The molecule has 1 aliphatic heterocycles. The first kappa shape index (κ1) is 14.1. The van der Waals surface area contributed by atoms with Crippen LogP contribution >= 0.6 is 11.8 Å². The smallest absolute Gasteiger partial charge is 0.233 e. The van der Waals surface area contributed by atoms with Crippen LogP contribution in [0.3, 0.4) is 0 Å². The quantitative estimate of drug-likeness (QED) is 0.811. The average Bonchev–Trinajstić information content (AvgIpc) is 2.84. The molecule has 0 saturated carbocycles. The van der Waals surface area contributed by atoms with E-state index in [1.54, 1.807) is 0 Å². The lowest BCUT2D eigenvalue weighted by atomic mass is 10.00. The fraction of sp³-hybridized carbons (Fsp3) is 0.400. The summed E-state index contributed by atoms with van der Waals surface area (Å²) < 4.78 is 1.91. The molecule has 1 aromatic heterocycles. The highest BCUT2D eigenvalue weighted by molar-refractivity contribution is 7.99. The van der Waals surface area contributed by atoms with Gasteiger partial charge in [0.05, 0.1) is 5.75 Å². The topological polar surface area (TPSA) is 51.0 Å². The number of nitrogens with zero attached hydrogens (tertiary/aromatic N) is 4. The maximum Gasteiger partial charge on any atom is 0.233 e. The molecule has 5 nitrogen and oxygen atoms in total. The predicted molar refractivity (Wildman–Crippen MR) is 82.0 cm³/mol. The Morgan fingerprint density at radius 2 is 2.05 bits per heavy atom. The van der Waals surface area contributed by atoms with Crippen molar-refractivity contribution in [2.45, 2.75) is 25.0 Å². The van der Waals surface area contributed by atoms with Crippen molar-refractivity contribution in [3.8, 4) is 0 Å². The molecule has 0 unspecified atom stereocenters. The summed E-state index contributed by atoms with van der Waals surface area (Å²) in [5, 5.41) is 8.87. The van der Waals surface area contributed by atoms with Gasteiger partial charge in [-0.3, -0.25) is 4.79 Å². The van der Waals surface area contributed by atoms with Crippen molar-refractivity contribution in [3.63, 3.8) is 0 Å². The van der Waals surface area contributed by atoms with Gasteiger partial charge in [-0.1, -0.05) is 36.0 Å². The van der Waals surface area contributed by atoms with Gasteiger partial charge in [0.25, 0.3) is 0 Å². The molecule has 1 amide bonds. The molecule has 2 aromatic rings. The Morgan fingerprint density at radius 1 is 1.29 bits per heavy atom. The lowest BCUT2D eigenvalue weighted by Gasteiger charge is -2.28. The maximum atomic E-state index is 12.3. The SMILES string of the molecule is Cc1nnc(SCC(=O)N2CCc3ccccc3C2)n1C. The normalized spacial score (nSPS) is 14.1. The van der Waals surface area contributed by atoms with Gasteiger partial charge in [0, 0.05) is 20.1 Å². The molecule has 3 rings (SSSR count). The molecule has 2 heterocycles. The lowest BCUT2D eigenvalue weighted by Crippen LogP contribution is -2.37. The third-order valence-corrected chi connectivity index (χ3v) is 4.87. The number of carbonyl (C=O) groups excluding carboxylic acids is 1. The van der Waals surface area contributed by atoms with Crippen molar-refractivity contribution < 1.29 is 4.79 Å². The Kier molecular flexibility index (Phi) is 3.96. The molecule has 0 spiro atoms. The van der Waals surface area contributed by atoms with E-state index in [2.05, 4.69) is 28.4 Å². The number of fused-ring (bicyclic) bond motifs is 1. The van der Waals surface area contributed by atoms with E-state index in [4.69, 9.17) is 0 Å². The van der Waals surface area contributed by atoms with Crippen LogP contribution in [0.2, 0.25) is 0 Å². The molecule has 0 fully saturated rings. The highest BCUT2D eigenvalue weighted by Crippen LogP contribution is 2.21. The second-order valence-electron chi connectivity index (χ2n) is 5.21.